The number of rotatable bonds is 4. The summed E-state index contributed by atoms with van der Waals surface area (Å²) in [5.74, 6) is 1.17. The maximum Gasteiger partial charge on any atom is 0.343 e. The fraction of sp³-hybridized carbons (Fsp3) is 0.812. The summed E-state index contributed by atoms with van der Waals surface area (Å²) in [6.07, 6.45) is 6.23. The second kappa shape index (κ2) is 6.58. The summed E-state index contributed by atoms with van der Waals surface area (Å²) in [6.45, 7) is 2.71. The largest absolute Gasteiger partial charge is 0.381 e. The Morgan fingerprint density at radius 2 is 2.04 bits per heavy atom. The summed E-state index contributed by atoms with van der Waals surface area (Å²) >= 11 is 0. The molecule has 24 heavy (non-hydrogen) atoms. The van der Waals surface area contributed by atoms with E-state index in [1.807, 2.05) is 4.90 Å². The van der Waals surface area contributed by atoms with Gasteiger partial charge in [-0.05, 0) is 44.4 Å². The topological polar surface area (TPSA) is 92.2 Å². The third-order valence-electron chi connectivity index (χ3n) is 5.46. The molecule has 2 aliphatic heterocycles. The number of aromatic nitrogens is 3. The van der Waals surface area contributed by atoms with E-state index in [1.54, 1.807) is 4.57 Å². The molecule has 1 unspecified atom stereocenters. The Labute approximate surface area is 140 Å². The van der Waals surface area contributed by atoms with E-state index in [0.29, 0.717) is 24.3 Å². The number of carbonyl (C=O) groups excluding carboxylic acids is 1. The molecule has 1 atom stereocenters. The molecular weight excluding hydrogens is 310 g/mol. The fourth-order valence-corrected chi connectivity index (χ4v) is 4.06. The van der Waals surface area contributed by atoms with E-state index >= 15 is 0 Å². The van der Waals surface area contributed by atoms with Gasteiger partial charge in [0.15, 0.2) is 5.82 Å². The fourth-order valence-electron chi connectivity index (χ4n) is 4.06. The van der Waals surface area contributed by atoms with Crippen LogP contribution in [-0.2, 0) is 11.3 Å². The average Bonchev–Trinajstić information content (AvgIpc) is 3.19. The monoisotopic (exact) mass is 335 g/mol. The van der Waals surface area contributed by atoms with Gasteiger partial charge in [-0.25, -0.2) is 14.7 Å². The molecule has 3 aliphatic rings. The SMILES string of the molecule is O=C(NCc1n[nH]c(=O)n1C1CC1)N1CCCC1C1CCOCC1. The number of carbonyl (C=O) groups is 1. The van der Waals surface area contributed by atoms with Gasteiger partial charge in [0.05, 0.1) is 6.54 Å². The average molecular weight is 335 g/mol. The Kier molecular flexibility index (Phi) is 4.30. The van der Waals surface area contributed by atoms with Crippen LogP contribution >= 0.6 is 0 Å². The van der Waals surface area contributed by atoms with Crippen LogP contribution in [-0.4, -0.2) is 51.5 Å². The van der Waals surface area contributed by atoms with Crippen molar-refractivity contribution in [1.82, 2.24) is 25.0 Å². The van der Waals surface area contributed by atoms with Gasteiger partial charge in [-0.15, -0.1) is 0 Å². The molecule has 3 heterocycles. The van der Waals surface area contributed by atoms with Crippen molar-refractivity contribution in [1.29, 1.82) is 0 Å². The van der Waals surface area contributed by atoms with Crippen molar-refractivity contribution >= 4 is 6.03 Å². The van der Waals surface area contributed by atoms with Crippen LogP contribution in [0.15, 0.2) is 4.79 Å². The number of nitrogens with one attached hydrogen (secondary N) is 2. The van der Waals surface area contributed by atoms with Crippen molar-refractivity contribution in [2.24, 2.45) is 5.92 Å². The van der Waals surface area contributed by atoms with Crippen LogP contribution in [0.2, 0.25) is 0 Å². The molecule has 0 aromatic carbocycles. The van der Waals surface area contributed by atoms with E-state index in [4.69, 9.17) is 4.74 Å². The molecule has 2 N–H and O–H groups in total. The summed E-state index contributed by atoms with van der Waals surface area (Å²) in [7, 11) is 0. The molecule has 8 heteroatoms. The van der Waals surface area contributed by atoms with Gasteiger partial charge in [-0.1, -0.05) is 0 Å². The summed E-state index contributed by atoms with van der Waals surface area (Å²) in [6, 6.07) is 0.533. The molecule has 4 rings (SSSR count). The summed E-state index contributed by atoms with van der Waals surface area (Å²) in [5, 5.41) is 9.51. The van der Waals surface area contributed by atoms with Gasteiger partial charge in [0.25, 0.3) is 0 Å². The normalized spacial score (nSPS) is 25.2. The van der Waals surface area contributed by atoms with Gasteiger partial charge in [0.2, 0.25) is 0 Å². The number of H-pyrrole nitrogens is 1. The molecule has 1 aromatic heterocycles. The second-order valence-electron chi connectivity index (χ2n) is 7.06. The highest BCUT2D eigenvalue weighted by molar-refractivity contribution is 5.74. The highest BCUT2D eigenvalue weighted by Crippen LogP contribution is 2.34. The minimum atomic E-state index is -0.178. The third-order valence-corrected chi connectivity index (χ3v) is 5.46. The summed E-state index contributed by atoms with van der Waals surface area (Å²) in [5.41, 5.74) is -0.178. The Bertz CT molecular complexity index is 644. The van der Waals surface area contributed by atoms with Gasteiger partial charge in [-0.3, -0.25) is 4.57 Å². The molecule has 2 amide bonds. The standard InChI is InChI=1S/C16H25N5O3/c22-15(17-10-14-18-19-16(23)21(14)12-3-4-12)20-7-1-2-13(20)11-5-8-24-9-6-11/h11-13H,1-10H2,(H,17,22)(H,19,23). The zero-order chi connectivity index (χ0) is 16.5. The highest BCUT2D eigenvalue weighted by Gasteiger charge is 2.35. The molecule has 1 aliphatic carbocycles. The second-order valence-corrected chi connectivity index (χ2v) is 7.06. The first-order valence-electron chi connectivity index (χ1n) is 9.02. The zero-order valence-electron chi connectivity index (χ0n) is 13.9. The van der Waals surface area contributed by atoms with Crippen molar-refractivity contribution < 1.29 is 9.53 Å². The molecule has 3 fully saturated rings. The van der Waals surface area contributed by atoms with Crippen molar-refractivity contribution in [3.63, 3.8) is 0 Å². The molecule has 1 aromatic rings. The minimum Gasteiger partial charge on any atom is -0.381 e. The van der Waals surface area contributed by atoms with Crippen LogP contribution in [0.3, 0.4) is 0 Å². The van der Waals surface area contributed by atoms with E-state index < -0.39 is 0 Å². The molecular formula is C16H25N5O3. The maximum atomic E-state index is 12.6. The van der Waals surface area contributed by atoms with E-state index in [-0.39, 0.29) is 17.8 Å². The summed E-state index contributed by atoms with van der Waals surface area (Å²) < 4.78 is 7.12. The number of urea groups is 1. The van der Waals surface area contributed by atoms with Crippen molar-refractivity contribution in [2.75, 3.05) is 19.8 Å². The maximum absolute atomic E-state index is 12.6. The smallest absolute Gasteiger partial charge is 0.343 e. The third kappa shape index (κ3) is 3.07. The Morgan fingerprint density at radius 3 is 2.79 bits per heavy atom. The number of ether oxygens (including phenoxy) is 1. The van der Waals surface area contributed by atoms with Crippen LogP contribution in [0.25, 0.3) is 0 Å². The van der Waals surface area contributed by atoms with Gasteiger partial charge < -0.3 is 15.0 Å². The molecule has 0 spiro atoms. The van der Waals surface area contributed by atoms with Gasteiger partial charge in [0.1, 0.15) is 0 Å². The van der Waals surface area contributed by atoms with E-state index in [0.717, 1.165) is 58.3 Å². The first-order chi connectivity index (χ1) is 11.7. The molecule has 0 bridgehead atoms. The van der Waals surface area contributed by atoms with E-state index in [2.05, 4.69) is 15.5 Å². The van der Waals surface area contributed by atoms with Crippen LogP contribution in [0.1, 0.15) is 50.4 Å². The van der Waals surface area contributed by atoms with Crippen molar-refractivity contribution in [3.05, 3.63) is 16.3 Å². The number of amides is 2. The molecule has 132 valence electrons. The molecule has 2 saturated heterocycles. The quantitative estimate of drug-likeness (QED) is 0.859. The lowest BCUT2D eigenvalue weighted by molar-refractivity contribution is 0.0418. The van der Waals surface area contributed by atoms with Gasteiger partial charge in [0, 0.05) is 31.8 Å². The van der Waals surface area contributed by atoms with Gasteiger partial charge in [-0.2, -0.15) is 5.10 Å². The lowest BCUT2D eigenvalue weighted by Gasteiger charge is -2.34. The lowest BCUT2D eigenvalue weighted by Crippen LogP contribution is -2.46. The Balaban J connectivity index is 1.38. The van der Waals surface area contributed by atoms with Crippen LogP contribution in [0.4, 0.5) is 4.79 Å². The van der Waals surface area contributed by atoms with E-state index in [1.165, 1.54) is 0 Å². The molecule has 0 radical (unpaired) electrons. The number of nitrogens with zero attached hydrogens (tertiary/aromatic N) is 3. The number of hydrogen-bond donors (Lipinski definition) is 2. The lowest BCUT2D eigenvalue weighted by atomic mass is 9.90. The van der Waals surface area contributed by atoms with Crippen molar-refractivity contribution in [2.45, 2.75) is 57.2 Å². The van der Waals surface area contributed by atoms with Crippen LogP contribution in [0.5, 0.6) is 0 Å². The molecule has 8 nitrogen and oxygen atoms in total. The minimum absolute atomic E-state index is 0.0400. The predicted octanol–water partition coefficient (Wildman–Crippen LogP) is 1.01. The first kappa shape index (κ1) is 15.7. The van der Waals surface area contributed by atoms with Crippen molar-refractivity contribution in [3.8, 4) is 0 Å². The van der Waals surface area contributed by atoms with Crippen LogP contribution in [0, 0.1) is 5.92 Å². The van der Waals surface area contributed by atoms with E-state index in [9.17, 15) is 9.59 Å². The van der Waals surface area contributed by atoms with Crippen LogP contribution < -0.4 is 11.0 Å². The number of hydrogen-bond acceptors (Lipinski definition) is 4. The Hall–Kier alpha value is -1.83. The highest BCUT2D eigenvalue weighted by atomic mass is 16.5. The zero-order valence-corrected chi connectivity index (χ0v) is 13.9. The molecule has 1 saturated carbocycles. The first-order valence-corrected chi connectivity index (χ1v) is 9.02. The Morgan fingerprint density at radius 1 is 1.25 bits per heavy atom. The summed E-state index contributed by atoms with van der Waals surface area (Å²) in [4.78, 5) is 26.4. The predicted molar refractivity (Wildman–Crippen MR) is 86.6 cm³/mol. The number of likely N-dealkylation sites (tertiary alicyclic amines) is 1. The number of aromatic amines is 1. The van der Waals surface area contributed by atoms with Gasteiger partial charge >= 0.3 is 11.7 Å².